The first kappa shape index (κ1) is 19.6. The van der Waals surface area contributed by atoms with E-state index in [1.807, 2.05) is 25.1 Å². The van der Waals surface area contributed by atoms with E-state index in [-0.39, 0.29) is 11.3 Å². The second-order valence-corrected chi connectivity index (χ2v) is 9.96. The molecule has 0 radical (unpaired) electrons. The molecule has 1 aromatic carbocycles. The van der Waals surface area contributed by atoms with E-state index in [1.54, 1.807) is 26.5 Å². The summed E-state index contributed by atoms with van der Waals surface area (Å²) in [7, 11) is 0. The Balaban J connectivity index is 1.46. The van der Waals surface area contributed by atoms with Crippen molar-refractivity contribution in [3.8, 4) is 0 Å². The van der Waals surface area contributed by atoms with Gasteiger partial charge in [-0.05, 0) is 49.8 Å². The SMILES string of the molecule is CCn1c(SCCn2c(=O)oc3ccccc32)nc2sc3c(c2c1=O)CC[C@H](C)C3. The number of oxazole rings is 1. The minimum Gasteiger partial charge on any atom is -0.408 e. The Morgan fingerprint density at radius 1 is 1.27 bits per heavy atom. The van der Waals surface area contributed by atoms with Crippen LogP contribution in [0.15, 0.2) is 43.4 Å². The van der Waals surface area contributed by atoms with Gasteiger partial charge in [-0.2, -0.15) is 0 Å². The summed E-state index contributed by atoms with van der Waals surface area (Å²) in [6.45, 7) is 5.33. The van der Waals surface area contributed by atoms with E-state index in [1.165, 1.54) is 22.2 Å². The van der Waals surface area contributed by atoms with Crippen molar-refractivity contribution in [2.45, 2.75) is 51.4 Å². The van der Waals surface area contributed by atoms with Gasteiger partial charge in [0.1, 0.15) is 4.83 Å². The van der Waals surface area contributed by atoms with Crippen molar-refractivity contribution in [2.75, 3.05) is 5.75 Å². The molecule has 8 heteroatoms. The first-order chi connectivity index (χ1) is 14.6. The van der Waals surface area contributed by atoms with Crippen LogP contribution in [-0.2, 0) is 25.9 Å². The molecule has 6 nitrogen and oxygen atoms in total. The highest BCUT2D eigenvalue weighted by Gasteiger charge is 2.24. The van der Waals surface area contributed by atoms with Gasteiger partial charge in [0, 0.05) is 23.7 Å². The molecule has 1 aliphatic carbocycles. The number of para-hydroxylation sites is 2. The summed E-state index contributed by atoms with van der Waals surface area (Å²) >= 11 is 3.20. The summed E-state index contributed by atoms with van der Waals surface area (Å²) in [6.07, 6.45) is 3.15. The van der Waals surface area contributed by atoms with Gasteiger partial charge in [0.2, 0.25) is 0 Å². The predicted octanol–water partition coefficient (Wildman–Crippen LogP) is 4.30. The fourth-order valence-electron chi connectivity index (χ4n) is 4.25. The van der Waals surface area contributed by atoms with E-state index in [9.17, 15) is 9.59 Å². The second-order valence-electron chi connectivity index (χ2n) is 7.81. The van der Waals surface area contributed by atoms with Crippen LogP contribution in [0.1, 0.15) is 30.7 Å². The fraction of sp³-hybridized carbons (Fsp3) is 0.409. The Bertz CT molecular complexity index is 1360. The number of thiophene rings is 1. The van der Waals surface area contributed by atoms with Crippen molar-refractivity contribution < 1.29 is 4.42 Å². The molecule has 30 heavy (non-hydrogen) atoms. The smallest absolute Gasteiger partial charge is 0.408 e. The van der Waals surface area contributed by atoms with Crippen LogP contribution >= 0.6 is 23.1 Å². The number of hydrogen-bond acceptors (Lipinski definition) is 6. The van der Waals surface area contributed by atoms with Gasteiger partial charge in [-0.15, -0.1) is 11.3 Å². The summed E-state index contributed by atoms with van der Waals surface area (Å²) in [4.78, 5) is 32.5. The normalized spacial score (nSPS) is 16.4. The molecule has 3 aromatic heterocycles. The van der Waals surface area contributed by atoms with Gasteiger partial charge in [0.15, 0.2) is 10.7 Å². The van der Waals surface area contributed by atoms with Crippen LogP contribution < -0.4 is 11.3 Å². The highest BCUT2D eigenvalue weighted by atomic mass is 32.2. The van der Waals surface area contributed by atoms with Gasteiger partial charge in [-0.1, -0.05) is 30.8 Å². The number of aryl methyl sites for hydroxylation is 2. The van der Waals surface area contributed by atoms with Crippen LogP contribution in [0.3, 0.4) is 0 Å². The lowest BCUT2D eigenvalue weighted by molar-refractivity contribution is 0.509. The Hall–Kier alpha value is -2.32. The second kappa shape index (κ2) is 7.74. The van der Waals surface area contributed by atoms with Crippen molar-refractivity contribution in [3.63, 3.8) is 0 Å². The van der Waals surface area contributed by atoms with Crippen molar-refractivity contribution in [3.05, 3.63) is 55.6 Å². The first-order valence-electron chi connectivity index (χ1n) is 10.3. The van der Waals surface area contributed by atoms with E-state index >= 15 is 0 Å². The minimum atomic E-state index is -0.354. The summed E-state index contributed by atoms with van der Waals surface area (Å²) in [6, 6.07) is 7.42. The number of aromatic nitrogens is 3. The maximum Gasteiger partial charge on any atom is 0.419 e. The highest BCUT2D eigenvalue weighted by molar-refractivity contribution is 7.99. The average molecular weight is 442 g/mol. The highest BCUT2D eigenvalue weighted by Crippen LogP contribution is 2.36. The van der Waals surface area contributed by atoms with E-state index < -0.39 is 0 Å². The molecule has 0 aliphatic heterocycles. The third-order valence-electron chi connectivity index (χ3n) is 5.82. The van der Waals surface area contributed by atoms with Crippen LogP contribution in [0.5, 0.6) is 0 Å². The lowest BCUT2D eigenvalue weighted by Crippen LogP contribution is -2.23. The molecule has 3 heterocycles. The average Bonchev–Trinajstić information content (AvgIpc) is 3.24. The van der Waals surface area contributed by atoms with Crippen molar-refractivity contribution in [2.24, 2.45) is 5.92 Å². The van der Waals surface area contributed by atoms with Gasteiger partial charge in [-0.3, -0.25) is 13.9 Å². The predicted molar refractivity (Wildman–Crippen MR) is 122 cm³/mol. The Morgan fingerprint density at radius 2 is 2.10 bits per heavy atom. The van der Waals surface area contributed by atoms with Gasteiger partial charge in [-0.25, -0.2) is 9.78 Å². The Kier molecular flexibility index (Phi) is 5.06. The molecule has 156 valence electrons. The maximum atomic E-state index is 13.3. The van der Waals surface area contributed by atoms with E-state index in [4.69, 9.17) is 9.40 Å². The fourth-order valence-corrected chi connectivity index (χ4v) is 6.66. The number of nitrogens with zero attached hydrogens (tertiary/aromatic N) is 3. The molecular weight excluding hydrogens is 418 g/mol. The van der Waals surface area contributed by atoms with Crippen molar-refractivity contribution in [1.82, 2.24) is 14.1 Å². The third kappa shape index (κ3) is 3.22. The molecule has 0 unspecified atom stereocenters. The van der Waals surface area contributed by atoms with Crippen LogP contribution in [0.2, 0.25) is 0 Å². The summed E-state index contributed by atoms with van der Waals surface area (Å²) < 4.78 is 8.72. The lowest BCUT2D eigenvalue weighted by atomic mass is 9.89. The number of fused-ring (bicyclic) bond motifs is 4. The zero-order chi connectivity index (χ0) is 20.8. The standard InChI is InChI=1S/C22H23N3O3S2/c1-3-24-20(26)18-14-9-8-13(2)12-17(14)30-19(18)23-21(24)29-11-10-25-15-6-4-5-7-16(15)28-22(25)27/h4-7,13H,3,8-12H2,1-2H3/t13-/m0/s1. The number of hydrogen-bond donors (Lipinski definition) is 0. The summed E-state index contributed by atoms with van der Waals surface area (Å²) in [5, 5.41) is 1.55. The van der Waals surface area contributed by atoms with Crippen LogP contribution in [0, 0.1) is 5.92 Å². The van der Waals surface area contributed by atoms with E-state index in [2.05, 4.69) is 6.92 Å². The summed E-state index contributed by atoms with van der Waals surface area (Å²) in [5.74, 6) is 0.938. The minimum absolute atomic E-state index is 0.0722. The van der Waals surface area contributed by atoms with Crippen LogP contribution in [-0.4, -0.2) is 19.9 Å². The van der Waals surface area contributed by atoms with Gasteiger partial charge >= 0.3 is 5.76 Å². The number of benzene rings is 1. The molecule has 4 aromatic rings. The Labute approximate surface area is 181 Å². The largest absolute Gasteiger partial charge is 0.419 e. The molecule has 5 rings (SSSR count). The molecule has 0 fully saturated rings. The lowest BCUT2D eigenvalue weighted by Gasteiger charge is -2.17. The quantitative estimate of drug-likeness (QED) is 0.341. The molecule has 1 aliphatic rings. The molecule has 0 N–H and O–H groups in total. The zero-order valence-electron chi connectivity index (χ0n) is 17.0. The van der Waals surface area contributed by atoms with E-state index in [0.29, 0.717) is 30.3 Å². The van der Waals surface area contributed by atoms with Crippen molar-refractivity contribution in [1.29, 1.82) is 0 Å². The van der Waals surface area contributed by atoms with Crippen molar-refractivity contribution >= 4 is 44.4 Å². The molecule has 0 spiro atoms. The number of thioether (sulfide) groups is 1. The number of rotatable bonds is 5. The molecular formula is C22H23N3O3S2. The third-order valence-corrected chi connectivity index (χ3v) is 7.92. The molecule has 1 atom stereocenters. The van der Waals surface area contributed by atoms with Crippen LogP contribution in [0.25, 0.3) is 21.3 Å². The van der Waals surface area contributed by atoms with Gasteiger partial charge in [0.25, 0.3) is 5.56 Å². The zero-order valence-corrected chi connectivity index (χ0v) is 18.6. The summed E-state index contributed by atoms with van der Waals surface area (Å²) in [5.41, 5.74) is 2.68. The molecule has 0 bridgehead atoms. The molecule has 0 amide bonds. The first-order valence-corrected chi connectivity index (χ1v) is 12.1. The van der Waals surface area contributed by atoms with E-state index in [0.717, 1.165) is 40.2 Å². The van der Waals surface area contributed by atoms with Gasteiger partial charge < -0.3 is 4.42 Å². The Morgan fingerprint density at radius 3 is 2.93 bits per heavy atom. The topological polar surface area (TPSA) is 70.0 Å². The van der Waals surface area contributed by atoms with Gasteiger partial charge in [0.05, 0.1) is 10.9 Å². The molecule has 0 saturated heterocycles. The maximum absolute atomic E-state index is 13.3. The monoisotopic (exact) mass is 441 g/mol. The molecule has 0 saturated carbocycles. The van der Waals surface area contributed by atoms with Crippen LogP contribution in [0.4, 0.5) is 0 Å².